The molecule has 50 heavy (non-hydrogen) atoms. The van der Waals surface area contributed by atoms with Crippen LogP contribution in [0.1, 0.15) is 105 Å². The van der Waals surface area contributed by atoms with E-state index in [0.717, 1.165) is 0 Å². The summed E-state index contributed by atoms with van der Waals surface area (Å²) in [6.45, 7) is 28.8. The number of hydrogen-bond donors (Lipinski definition) is 0. The first kappa shape index (κ1) is 31.6. The molecule has 250 valence electrons. The van der Waals surface area contributed by atoms with Gasteiger partial charge in [-0.2, -0.15) is 0 Å². The maximum atomic E-state index is 2.60. The molecule has 0 aliphatic carbocycles. The third-order valence-corrected chi connectivity index (χ3v) is 11.7. The molecule has 0 heteroatoms. The highest BCUT2D eigenvalue weighted by Crippen LogP contribution is 2.54. The van der Waals surface area contributed by atoms with E-state index in [0.29, 0.717) is 0 Å². The van der Waals surface area contributed by atoms with Crippen LogP contribution in [0.2, 0.25) is 0 Å². The minimum atomic E-state index is -0.0872. The zero-order chi connectivity index (χ0) is 35.4. The molecule has 0 bridgehead atoms. The molecular weight excluding hydrogens is 601 g/mol. The van der Waals surface area contributed by atoms with Crippen molar-refractivity contribution in [2.75, 3.05) is 0 Å². The Morgan fingerprint density at radius 2 is 0.740 bits per heavy atom. The van der Waals surface area contributed by atoms with E-state index in [2.05, 4.69) is 168 Å². The summed E-state index contributed by atoms with van der Waals surface area (Å²) in [7, 11) is 0. The summed E-state index contributed by atoms with van der Waals surface area (Å²) in [5, 5.41) is 22.3. The van der Waals surface area contributed by atoms with Gasteiger partial charge in [0.1, 0.15) is 0 Å². The SMILES string of the molecule is CC(C)(C)c1cc2cc(C(C)(C)C)cc3c4c(C(C)(C)C)c5cc6c(cc5c(C(C)(C)C)c4c(c1)c23)c1cccc2c3ccccc3cc6c21. The van der Waals surface area contributed by atoms with Gasteiger partial charge in [-0.3, -0.25) is 0 Å². The third kappa shape index (κ3) is 4.24. The van der Waals surface area contributed by atoms with Gasteiger partial charge in [-0.1, -0.05) is 138 Å². The maximum Gasteiger partial charge on any atom is -0.00199 e. The van der Waals surface area contributed by atoms with Crippen molar-refractivity contribution in [3.63, 3.8) is 0 Å². The fourth-order valence-corrected chi connectivity index (χ4v) is 9.45. The van der Waals surface area contributed by atoms with Gasteiger partial charge in [0.2, 0.25) is 0 Å². The van der Waals surface area contributed by atoms with Gasteiger partial charge < -0.3 is 0 Å². The van der Waals surface area contributed by atoms with E-state index >= 15 is 0 Å². The Hall–Kier alpha value is -4.42. The Morgan fingerprint density at radius 1 is 0.280 bits per heavy atom. The van der Waals surface area contributed by atoms with Gasteiger partial charge >= 0.3 is 0 Å². The standard InChI is InChI=1S/C50H50/c1-47(2,3)29-20-28-21-30(48(4,5)6)24-40-41(28)39(23-29)43-44(40)46(50(10,11)12)38-26-35-34(25-37(38)45(43)49(7,8)9)33-19-15-18-32-31-17-14-13-16-27(31)22-36(35)42(32)33/h13-26H,1-12H3. The van der Waals surface area contributed by atoms with Crippen LogP contribution in [0, 0.1) is 0 Å². The van der Waals surface area contributed by atoms with Crippen LogP contribution in [-0.2, 0) is 21.7 Å². The lowest BCUT2D eigenvalue weighted by Gasteiger charge is -2.30. The molecule has 0 radical (unpaired) electrons. The number of fused-ring (bicyclic) bond motifs is 9. The number of benzene rings is 7. The highest BCUT2D eigenvalue weighted by atomic mass is 14.4. The smallest absolute Gasteiger partial charge is 0.00199 e. The maximum absolute atomic E-state index is 2.60. The molecule has 0 atom stereocenters. The zero-order valence-electron chi connectivity index (χ0n) is 32.1. The molecule has 0 unspecified atom stereocenters. The predicted molar refractivity (Wildman–Crippen MR) is 224 cm³/mol. The van der Waals surface area contributed by atoms with E-state index in [4.69, 9.17) is 0 Å². The van der Waals surface area contributed by atoms with Crippen molar-refractivity contribution in [2.24, 2.45) is 0 Å². The predicted octanol–water partition coefficient (Wildman–Crippen LogP) is 15.0. The lowest BCUT2D eigenvalue weighted by molar-refractivity contribution is 0.590. The largest absolute Gasteiger partial charge is 0.0616 e. The second-order valence-electron chi connectivity index (χ2n) is 19.5. The van der Waals surface area contributed by atoms with Gasteiger partial charge in [-0.15, -0.1) is 0 Å². The normalized spacial score (nSPS) is 14.0. The molecule has 0 N–H and O–H groups in total. The van der Waals surface area contributed by atoms with Crippen LogP contribution in [0.4, 0.5) is 0 Å². The molecule has 0 heterocycles. The van der Waals surface area contributed by atoms with Crippen LogP contribution in [0.3, 0.4) is 0 Å². The van der Waals surface area contributed by atoms with Crippen molar-refractivity contribution < 1.29 is 0 Å². The Kier molecular flexibility index (Phi) is 6.10. The van der Waals surface area contributed by atoms with Gasteiger partial charge in [-0.25, -0.2) is 0 Å². The van der Waals surface area contributed by atoms with E-state index in [1.807, 2.05) is 0 Å². The Balaban J connectivity index is 1.62. The number of hydrogen-bond acceptors (Lipinski definition) is 0. The van der Waals surface area contributed by atoms with Gasteiger partial charge in [0, 0.05) is 0 Å². The van der Waals surface area contributed by atoms with Crippen LogP contribution in [-0.4, -0.2) is 0 Å². The van der Waals surface area contributed by atoms with Crippen molar-refractivity contribution >= 4 is 86.2 Å². The summed E-state index contributed by atoms with van der Waals surface area (Å²) in [5.41, 5.74) is 5.67. The molecule has 9 aromatic carbocycles. The molecule has 0 aliphatic rings. The zero-order valence-corrected chi connectivity index (χ0v) is 32.1. The molecule has 0 aliphatic heterocycles. The summed E-state index contributed by atoms with van der Waals surface area (Å²) in [6, 6.07) is 33.6. The second-order valence-corrected chi connectivity index (χ2v) is 19.5. The van der Waals surface area contributed by atoms with Crippen LogP contribution in [0.5, 0.6) is 0 Å². The minimum absolute atomic E-state index is 0.0327. The van der Waals surface area contributed by atoms with Crippen LogP contribution in [0.25, 0.3) is 86.2 Å². The molecule has 0 amide bonds. The van der Waals surface area contributed by atoms with Crippen LogP contribution >= 0.6 is 0 Å². The molecular formula is C50H50. The fraction of sp³-hybridized carbons (Fsp3) is 0.320. The van der Waals surface area contributed by atoms with Crippen molar-refractivity contribution in [3.05, 3.63) is 107 Å². The monoisotopic (exact) mass is 650 g/mol. The average Bonchev–Trinajstić information content (AvgIpc) is 3.50. The average molecular weight is 651 g/mol. The number of rotatable bonds is 0. The second kappa shape index (κ2) is 9.67. The first-order valence-corrected chi connectivity index (χ1v) is 18.6. The Morgan fingerprint density at radius 3 is 1.24 bits per heavy atom. The first-order chi connectivity index (χ1) is 23.3. The van der Waals surface area contributed by atoms with Crippen molar-refractivity contribution in [1.29, 1.82) is 0 Å². The lowest BCUT2D eigenvalue weighted by Crippen LogP contribution is -2.17. The van der Waals surface area contributed by atoms with Crippen molar-refractivity contribution in [2.45, 2.75) is 105 Å². The summed E-state index contributed by atoms with van der Waals surface area (Å²) < 4.78 is 0. The van der Waals surface area contributed by atoms with Crippen molar-refractivity contribution in [3.8, 4) is 0 Å². The lowest BCUT2D eigenvalue weighted by atomic mass is 9.74. The molecule has 9 aromatic rings. The molecule has 0 aromatic heterocycles. The first-order valence-electron chi connectivity index (χ1n) is 18.6. The molecule has 0 saturated carbocycles. The van der Waals surface area contributed by atoms with Crippen LogP contribution < -0.4 is 0 Å². The van der Waals surface area contributed by atoms with Gasteiger partial charge in [-0.05, 0) is 160 Å². The fourth-order valence-electron chi connectivity index (χ4n) is 9.45. The van der Waals surface area contributed by atoms with Gasteiger partial charge in [0.05, 0.1) is 0 Å². The molecule has 0 spiro atoms. The summed E-state index contributed by atoms with van der Waals surface area (Å²) >= 11 is 0. The van der Waals surface area contributed by atoms with Gasteiger partial charge in [0.15, 0.2) is 0 Å². The molecule has 0 fully saturated rings. The quantitative estimate of drug-likeness (QED) is 0.143. The van der Waals surface area contributed by atoms with Crippen molar-refractivity contribution in [1.82, 2.24) is 0 Å². The van der Waals surface area contributed by atoms with Crippen LogP contribution in [0.15, 0.2) is 84.9 Å². The van der Waals surface area contributed by atoms with E-state index in [1.54, 1.807) is 0 Å². The molecule has 9 rings (SSSR count). The highest BCUT2D eigenvalue weighted by molar-refractivity contribution is 6.38. The topological polar surface area (TPSA) is 0 Å². The van der Waals surface area contributed by atoms with E-state index < -0.39 is 0 Å². The Bertz CT molecular complexity index is 2860. The summed E-state index contributed by atoms with van der Waals surface area (Å²) in [6.07, 6.45) is 0. The summed E-state index contributed by atoms with van der Waals surface area (Å²) in [4.78, 5) is 0. The third-order valence-electron chi connectivity index (χ3n) is 11.7. The molecule has 0 saturated heterocycles. The van der Waals surface area contributed by atoms with Gasteiger partial charge in [0.25, 0.3) is 0 Å². The van der Waals surface area contributed by atoms with E-state index in [9.17, 15) is 0 Å². The Labute approximate surface area is 297 Å². The molecule has 0 nitrogen and oxygen atoms in total. The van der Waals surface area contributed by atoms with E-state index in [1.165, 1.54) is 108 Å². The minimum Gasteiger partial charge on any atom is -0.0616 e. The summed E-state index contributed by atoms with van der Waals surface area (Å²) in [5.74, 6) is 0. The van der Waals surface area contributed by atoms with E-state index in [-0.39, 0.29) is 21.7 Å². The highest BCUT2D eigenvalue weighted by Gasteiger charge is 2.33.